The van der Waals surface area contributed by atoms with E-state index in [2.05, 4.69) is 28.5 Å². The monoisotopic (exact) mass is 457 g/mol. The number of halogens is 1. The van der Waals surface area contributed by atoms with E-state index in [0.29, 0.717) is 19.6 Å². The van der Waals surface area contributed by atoms with Gasteiger partial charge in [-0.15, -0.1) is 11.3 Å². The van der Waals surface area contributed by atoms with E-state index in [4.69, 9.17) is 11.6 Å². The number of thiophene rings is 1. The summed E-state index contributed by atoms with van der Waals surface area (Å²) in [5, 5.41) is 2.88. The molecule has 1 saturated heterocycles. The number of benzene rings is 1. The molecule has 5 rings (SSSR count). The van der Waals surface area contributed by atoms with Crippen molar-refractivity contribution in [3.8, 4) is 0 Å². The Balaban J connectivity index is 1.29. The molecule has 7 heteroatoms. The van der Waals surface area contributed by atoms with Crippen LogP contribution in [0.3, 0.4) is 0 Å². The molecule has 0 N–H and O–H groups in total. The van der Waals surface area contributed by atoms with Crippen molar-refractivity contribution in [3.63, 3.8) is 0 Å². The Labute approximate surface area is 192 Å². The fraction of sp³-hybridized carbons (Fsp3) is 0.500. The molecule has 164 valence electrons. The summed E-state index contributed by atoms with van der Waals surface area (Å²) in [4.78, 5) is 33.4. The maximum absolute atomic E-state index is 13.3. The van der Waals surface area contributed by atoms with Gasteiger partial charge in [0.1, 0.15) is 0 Å². The van der Waals surface area contributed by atoms with Gasteiger partial charge in [-0.3, -0.25) is 14.5 Å². The van der Waals surface area contributed by atoms with Gasteiger partial charge in [-0.05, 0) is 60.4 Å². The minimum atomic E-state index is 0.0798. The van der Waals surface area contributed by atoms with Crippen LogP contribution in [0.5, 0.6) is 0 Å². The van der Waals surface area contributed by atoms with Crippen LogP contribution < -0.4 is 0 Å². The van der Waals surface area contributed by atoms with E-state index in [-0.39, 0.29) is 23.8 Å². The molecule has 1 unspecified atom stereocenters. The summed E-state index contributed by atoms with van der Waals surface area (Å²) >= 11 is 7.93. The highest BCUT2D eigenvalue weighted by molar-refractivity contribution is 7.10. The van der Waals surface area contributed by atoms with Crippen molar-refractivity contribution in [2.75, 3.05) is 39.3 Å². The number of hydrogen-bond donors (Lipinski definition) is 0. The van der Waals surface area contributed by atoms with Gasteiger partial charge < -0.3 is 9.80 Å². The van der Waals surface area contributed by atoms with E-state index < -0.39 is 0 Å². The number of fused-ring (bicyclic) bond motifs is 1. The second-order valence-electron chi connectivity index (χ2n) is 8.81. The van der Waals surface area contributed by atoms with Crippen molar-refractivity contribution < 1.29 is 9.59 Å². The van der Waals surface area contributed by atoms with Crippen LogP contribution in [-0.4, -0.2) is 65.8 Å². The lowest BCUT2D eigenvalue weighted by Crippen LogP contribution is -2.45. The molecule has 1 aromatic carbocycles. The normalized spacial score (nSPS) is 22.2. The Bertz CT molecular complexity index is 956. The minimum absolute atomic E-state index is 0.0798. The fourth-order valence-corrected chi connectivity index (χ4v) is 5.85. The Morgan fingerprint density at radius 1 is 0.968 bits per heavy atom. The zero-order chi connectivity index (χ0) is 21.4. The number of carbonyl (C=O) groups excluding carboxylic acids is 2. The zero-order valence-corrected chi connectivity index (χ0v) is 19.2. The van der Waals surface area contributed by atoms with Crippen molar-refractivity contribution in [1.29, 1.82) is 0 Å². The van der Waals surface area contributed by atoms with E-state index in [9.17, 15) is 9.59 Å². The fourth-order valence-electron chi connectivity index (χ4n) is 4.82. The molecular weight excluding hydrogens is 430 g/mol. The minimum Gasteiger partial charge on any atom is -0.341 e. The van der Waals surface area contributed by atoms with E-state index in [1.807, 2.05) is 21.9 Å². The van der Waals surface area contributed by atoms with Gasteiger partial charge in [-0.2, -0.15) is 0 Å². The molecule has 2 aromatic rings. The maximum Gasteiger partial charge on any atom is 0.236 e. The molecule has 2 amide bonds. The molecule has 0 bridgehead atoms. The van der Waals surface area contributed by atoms with Crippen LogP contribution in [0.15, 0.2) is 35.7 Å². The number of amides is 2. The third kappa shape index (κ3) is 4.52. The van der Waals surface area contributed by atoms with Gasteiger partial charge in [0.25, 0.3) is 0 Å². The Morgan fingerprint density at radius 3 is 2.48 bits per heavy atom. The van der Waals surface area contributed by atoms with Crippen LogP contribution in [0, 0.1) is 5.92 Å². The molecule has 1 aromatic heterocycles. The van der Waals surface area contributed by atoms with E-state index in [0.717, 1.165) is 50.3 Å². The highest BCUT2D eigenvalue weighted by atomic mass is 35.5. The smallest absolute Gasteiger partial charge is 0.236 e. The summed E-state index contributed by atoms with van der Waals surface area (Å²) in [7, 11) is 0. The lowest BCUT2D eigenvalue weighted by atomic mass is 9.93. The first-order valence-corrected chi connectivity index (χ1v) is 12.5. The van der Waals surface area contributed by atoms with Crippen LogP contribution in [0.25, 0.3) is 0 Å². The zero-order valence-electron chi connectivity index (χ0n) is 17.6. The van der Waals surface area contributed by atoms with Crippen LogP contribution in [-0.2, 0) is 16.0 Å². The predicted molar refractivity (Wildman–Crippen MR) is 123 cm³/mol. The standard InChI is InChI=1S/C24H28ClN3O2S/c25-19-6-4-17(5-7-19)23-20-9-15-31-21(20)8-12-28(23)16-22(29)26-10-1-11-27(14-13-26)24(30)18-2-3-18/h4-7,9,15,18,23H,1-3,8,10-14,16H2. The van der Waals surface area contributed by atoms with Crippen LogP contribution in [0.2, 0.25) is 5.02 Å². The van der Waals surface area contributed by atoms with Gasteiger partial charge in [0.15, 0.2) is 0 Å². The molecule has 1 aliphatic carbocycles. The van der Waals surface area contributed by atoms with Crippen LogP contribution in [0.4, 0.5) is 0 Å². The van der Waals surface area contributed by atoms with Gasteiger partial charge >= 0.3 is 0 Å². The lowest BCUT2D eigenvalue weighted by molar-refractivity contribution is -0.135. The molecule has 3 aliphatic rings. The summed E-state index contributed by atoms with van der Waals surface area (Å²) in [5.74, 6) is 0.701. The second-order valence-corrected chi connectivity index (χ2v) is 10.2. The highest BCUT2D eigenvalue weighted by Crippen LogP contribution is 2.38. The topological polar surface area (TPSA) is 43.9 Å². The molecule has 2 aliphatic heterocycles. The first kappa shape index (κ1) is 21.0. The highest BCUT2D eigenvalue weighted by Gasteiger charge is 2.35. The summed E-state index contributed by atoms with van der Waals surface area (Å²) in [6.45, 7) is 4.08. The van der Waals surface area contributed by atoms with Crippen molar-refractivity contribution in [1.82, 2.24) is 14.7 Å². The molecule has 1 saturated carbocycles. The van der Waals surface area contributed by atoms with Crippen molar-refractivity contribution in [2.45, 2.75) is 31.7 Å². The van der Waals surface area contributed by atoms with Crippen molar-refractivity contribution in [2.24, 2.45) is 5.92 Å². The first-order chi connectivity index (χ1) is 15.1. The molecular formula is C24H28ClN3O2S. The Morgan fingerprint density at radius 2 is 1.71 bits per heavy atom. The van der Waals surface area contributed by atoms with Gasteiger partial charge in [-0.25, -0.2) is 0 Å². The first-order valence-electron chi connectivity index (χ1n) is 11.2. The van der Waals surface area contributed by atoms with Crippen LogP contribution >= 0.6 is 22.9 Å². The van der Waals surface area contributed by atoms with Gasteiger partial charge in [0, 0.05) is 48.5 Å². The van der Waals surface area contributed by atoms with E-state index >= 15 is 0 Å². The molecule has 2 fully saturated rings. The SMILES string of the molecule is O=C(CN1CCc2sccc2C1c1ccc(Cl)cc1)N1CCCN(C(=O)C2CC2)CC1. The molecule has 0 spiro atoms. The molecule has 3 heterocycles. The summed E-state index contributed by atoms with van der Waals surface area (Å²) < 4.78 is 0. The van der Waals surface area contributed by atoms with Crippen molar-refractivity contribution in [3.05, 3.63) is 56.7 Å². The van der Waals surface area contributed by atoms with Gasteiger partial charge in [0.2, 0.25) is 11.8 Å². The summed E-state index contributed by atoms with van der Waals surface area (Å²) in [6.07, 6.45) is 3.90. The number of hydrogen-bond acceptors (Lipinski definition) is 4. The lowest BCUT2D eigenvalue weighted by Gasteiger charge is -2.37. The predicted octanol–water partition coefficient (Wildman–Crippen LogP) is 3.82. The Hall–Kier alpha value is -1.89. The average molecular weight is 458 g/mol. The van der Waals surface area contributed by atoms with E-state index in [1.54, 1.807) is 11.3 Å². The van der Waals surface area contributed by atoms with Crippen LogP contribution in [0.1, 0.15) is 41.3 Å². The second kappa shape index (κ2) is 8.93. The maximum atomic E-state index is 13.3. The molecule has 0 radical (unpaired) electrons. The summed E-state index contributed by atoms with van der Waals surface area (Å²) in [5.41, 5.74) is 2.48. The average Bonchev–Trinajstić information content (AvgIpc) is 3.56. The number of carbonyl (C=O) groups is 2. The summed E-state index contributed by atoms with van der Waals surface area (Å²) in [6, 6.07) is 10.3. The van der Waals surface area contributed by atoms with Gasteiger partial charge in [0.05, 0.1) is 12.6 Å². The number of rotatable bonds is 4. The quantitative estimate of drug-likeness (QED) is 0.701. The van der Waals surface area contributed by atoms with Crippen molar-refractivity contribution >= 4 is 34.8 Å². The Kier molecular flexibility index (Phi) is 6.04. The third-order valence-corrected chi connectivity index (χ3v) is 7.93. The largest absolute Gasteiger partial charge is 0.341 e. The van der Waals surface area contributed by atoms with E-state index in [1.165, 1.54) is 16.0 Å². The third-order valence-electron chi connectivity index (χ3n) is 6.68. The van der Waals surface area contributed by atoms with Gasteiger partial charge in [-0.1, -0.05) is 23.7 Å². The molecule has 31 heavy (non-hydrogen) atoms. The molecule has 1 atom stereocenters. The number of nitrogens with zero attached hydrogens (tertiary/aromatic N) is 3. The molecule has 5 nitrogen and oxygen atoms in total.